The number of phenolic OH excluding ortho intramolecular Hbond substituents is 1. The first-order valence-electron chi connectivity index (χ1n) is 12.1. The Balaban J connectivity index is 1.38. The Labute approximate surface area is 235 Å². The highest BCUT2D eigenvalue weighted by molar-refractivity contribution is 8.00. The molecule has 40 heavy (non-hydrogen) atoms. The van der Waals surface area contributed by atoms with Crippen molar-refractivity contribution in [1.29, 1.82) is 0 Å². The first kappa shape index (κ1) is 25.8. The number of rotatable bonds is 6. The molecule has 3 aromatic carbocycles. The lowest BCUT2D eigenvalue weighted by atomic mass is 9.95. The summed E-state index contributed by atoms with van der Waals surface area (Å²) in [5, 5.41) is 30.0. The highest BCUT2D eigenvalue weighted by Crippen LogP contribution is 2.45. The fourth-order valence-electron chi connectivity index (χ4n) is 4.47. The topological polar surface area (TPSA) is 122 Å². The van der Waals surface area contributed by atoms with Crippen LogP contribution in [-0.2, 0) is 15.3 Å². The summed E-state index contributed by atoms with van der Waals surface area (Å²) in [6.07, 6.45) is 0. The van der Waals surface area contributed by atoms with Gasteiger partial charge in [-0.1, -0.05) is 47.4 Å². The van der Waals surface area contributed by atoms with Crippen LogP contribution in [0.4, 0.5) is 9.52 Å². The Morgan fingerprint density at radius 1 is 1.02 bits per heavy atom. The first-order valence-corrected chi connectivity index (χ1v) is 13.9. The summed E-state index contributed by atoms with van der Waals surface area (Å²) in [4.78, 5) is 28.0. The number of benzene rings is 3. The molecule has 1 aromatic heterocycles. The zero-order valence-electron chi connectivity index (χ0n) is 20.6. The maximum atomic E-state index is 13.4. The van der Waals surface area contributed by atoms with Gasteiger partial charge in [0, 0.05) is 11.3 Å². The quantitative estimate of drug-likeness (QED) is 0.106. The van der Waals surface area contributed by atoms with Crippen molar-refractivity contribution in [2.75, 3.05) is 18.1 Å². The summed E-state index contributed by atoms with van der Waals surface area (Å²) in [6.45, 7) is 0.733. The first-order chi connectivity index (χ1) is 19.4. The standard InChI is InChI=1S/C28H20FN3O6S2/c29-18-7-4-15(5-8-18)14-39-28-31-30-27(40-28)32-23(16-2-1-3-19(33)12-16)22(25(35)26(32)36)24(34)17-6-9-20-21(13-17)38-11-10-37-20/h1-9,12-13,23,33-34H,10-11,14H2/t23-/m1/s1. The number of amides is 1. The Morgan fingerprint density at radius 3 is 2.58 bits per heavy atom. The number of carbonyl (C=O) groups is 2. The molecule has 1 amide bonds. The van der Waals surface area contributed by atoms with Gasteiger partial charge < -0.3 is 19.7 Å². The highest BCUT2D eigenvalue weighted by atomic mass is 32.2. The Kier molecular flexibility index (Phi) is 6.86. The molecule has 2 aliphatic heterocycles. The number of ketones is 1. The minimum atomic E-state index is -1.08. The third kappa shape index (κ3) is 4.87. The minimum absolute atomic E-state index is 0.0739. The Morgan fingerprint density at radius 2 is 1.80 bits per heavy atom. The number of aromatic nitrogens is 2. The van der Waals surface area contributed by atoms with Gasteiger partial charge in [0.15, 0.2) is 15.8 Å². The Bertz CT molecular complexity index is 1660. The van der Waals surface area contributed by atoms with Crippen LogP contribution >= 0.6 is 23.1 Å². The van der Waals surface area contributed by atoms with Crippen LogP contribution in [-0.4, -0.2) is 45.3 Å². The van der Waals surface area contributed by atoms with Crippen molar-refractivity contribution in [3.8, 4) is 17.2 Å². The molecule has 0 bridgehead atoms. The van der Waals surface area contributed by atoms with Crippen LogP contribution in [0.15, 0.2) is 76.6 Å². The number of thioether (sulfide) groups is 1. The second-order valence-corrected chi connectivity index (χ2v) is 11.1. The fraction of sp³-hybridized carbons (Fsp3) is 0.143. The molecule has 0 radical (unpaired) electrons. The number of fused-ring (bicyclic) bond motifs is 1. The van der Waals surface area contributed by atoms with Gasteiger partial charge in [0.1, 0.15) is 30.5 Å². The summed E-state index contributed by atoms with van der Waals surface area (Å²) in [6, 6.07) is 15.9. The van der Waals surface area contributed by atoms with Crippen LogP contribution in [0.2, 0.25) is 0 Å². The maximum Gasteiger partial charge on any atom is 0.301 e. The number of aliphatic hydroxyl groups excluding tert-OH is 1. The van der Waals surface area contributed by atoms with E-state index >= 15 is 0 Å². The van der Waals surface area contributed by atoms with Crippen molar-refractivity contribution in [1.82, 2.24) is 10.2 Å². The predicted octanol–water partition coefficient (Wildman–Crippen LogP) is 5.07. The van der Waals surface area contributed by atoms with E-state index in [0.717, 1.165) is 16.9 Å². The summed E-state index contributed by atoms with van der Waals surface area (Å²) < 4.78 is 24.9. The van der Waals surface area contributed by atoms with E-state index in [1.165, 1.54) is 40.9 Å². The molecule has 1 fully saturated rings. The maximum absolute atomic E-state index is 13.4. The van der Waals surface area contributed by atoms with Crippen LogP contribution in [0.5, 0.6) is 17.2 Å². The number of hydrogen-bond acceptors (Lipinski definition) is 10. The molecule has 2 N–H and O–H groups in total. The second kappa shape index (κ2) is 10.6. The summed E-state index contributed by atoms with van der Waals surface area (Å²) in [7, 11) is 0. The average Bonchev–Trinajstić information content (AvgIpc) is 3.54. The summed E-state index contributed by atoms with van der Waals surface area (Å²) in [5.41, 5.74) is 1.37. The van der Waals surface area contributed by atoms with Crippen molar-refractivity contribution >= 4 is 45.7 Å². The van der Waals surface area contributed by atoms with Gasteiger partial charge in [-0.3, -0.25) is 14.5 Å². The van der Waals surface area contributed by atoms with Gasteiger partial charge in [0.25, 0.3) is 5.78 Å². The number of carbonyl (C=O) groups excluding carboxylic acids is 2. The molecule has 0 spiro atoms. The van der Waals surface area contributed by atoms with Crippen LogP contribution in [0.25, 0.3) is 5.76 Å². The summed E-state index contributed by atoms with van der Waals surface area (Å²) in [5.74, 6) is -1.19. The van der Waals surface area contributed by atoms with E-state index in [2.05, 4.69) is 10.2 Å². The molecule has 0 unspecified atom stereocenters. The second-order valence-electron chi connectivity index (χ2n) is 8.89. The van der Waals surface area contributed by atoms with E-state index in [9.17, 15) is 24.2 Å². The number of aromatic hydroxyl groups is 1. The molecule has 0 aliphatic carbocycles. The van der Waals surface area contributed by atoms with Crippen LogP contribution in [0, 0.1) is 5.82 Å². The molecule has 4 aromatic rings. The van der Waals surface area contributed by atoms with E-state index in [0.29, 0.717) is 40.4 Å². The van der Waals surface area contributed by atoms with Crippen molar-refractivity contribution < 1.29 is 33.7 Å². The van der Waals surface area contributed by atoms with Crippen LogP contribution in [0.3, 0.4) is 0 Å². The molecule has 0 saturated carbocycles. The van der Waals surface area contributed by atoms with E-state index in [-0.39, 0.29) is 27.8 Å². The van der Waals surface area contributed by atoms with Gasteiger partial charge in [0.05, 0.1) is 11.6 Å². The molecule has 1 saturated heterocycles. The number of nitrogens with zero attached hydrogens (tertiary/aromatic N) is 3. The van der Waals surface area contributed by atoms with E-state index in [1.54, 1.807) is 42.5 Å². The van der Waals surface area contributed by atoms with Gasteiger partial charge >= 0.3 is 5.91 Å². The largest absolute Gasteiger partial charge is 0.508 e. The predicted molar refractivity (Wildman–Crippen MR) is 146 cm³/mol. The highest BCUT2D eigenvalue weighted by Gasteiger charge is 2.48. The van der Waals surface area contributed by atoms with Crippen molar-refractivity contribution in [3.63, 3.8) is 0 Å². The lowest BCUT2D eigenvalue weighted by Crippen LogP contribution is -2.29. The molecule has 12 heteroatoms. The van der Waals surface area contributed by atoms with Gasteiger partial charge in [-0.25, -0.2) is 4.39 Å². The summed E-state index contributed by atoms with van der Waals surface area (Å²) >= 11 is 2.46. The number of hydrogen-bond donors (Lipinski definition) is 2. The fourth-order valence-corrected chi connectivity index (χ4v) is 6.29. The number of ether oxygens (including phenoxy) is 2. The molecule has 3 heterocycles. The Hall–Kier alpha value is -4.42. The number of halogens is 1. The van der Waals surface area contributed by atoms with Gasteiger partial charge in [-0.05, 0) is 53.6 Å². The van der Waals surface area contributed by atoms with E-state index in [4.69, 9.17) is 9.47 Å². The van der Waals surface area contributed by atoms with Crippen molar-refractivity contribution in [2.24, 2.45) is 0 Å². The SMILES string of the molecule is O=C1C(=O)N(c2nnc(SCc3ccc(F)cc3)s2)[C@H](c2cccc(O)c2)C1=C(O)c1ccc2c(c1)OCCO2. The van der Waals surface area contributed by atoms with Gasteiger partial charge in [-0.15, -0.1) is 10.2 Å². The zero-order valence-corrected chi connectivity index (χ0v) is 22.2. The number of phenols is 1. The lowest BCUT2D eigenvalue weighted by molar-refractivity contribution is -0.132. The molecule has 202 valence electrons. The molecule has 9 nitrogen and oxygen atoms in total. The van der Waals surface area contributed by atoms with E-state index in [1.807, 2.05) is 0 Å². The van der Waals surface area contributed by atoms with Crippen LogP contribution < -0.4 is 14.4 Å². The van der Waals surface area contributed by atoms with Crippen LogP contribution in [0.1, 0.15) is 22.7 Å². The molecule has 6 rings (SSSR count). The number of aliphatic hydroxyl groups is 1. The third-order valence-electron chi connectivity index (χ3n) is 6.32. The van der Waals surface area contributed by atoms with E-state index < -0.39 is 23.5 Å². The third-order valence-corrected chi connectivity index (χ3v) is 8.45. The normalized spacial score (nSPS) is 17.8. The lowest BCUT2D eigenvalue weighted by Gasteiger charge is -2.23. The molecular weight excluding hydrogens is 557 g/mol. The van der Waals surface area contributed by atoms with Crippen molar-refractivity contribution in [3.05, 3.63) is 94.8 Å². The van der Waals surface area contributed by atoms with Gasteiger partial charge in [0.2, 0.25) is 5.13 Å². The average molecular weight is 578 g/mol. The molecular formula is C28H20FN3O6S2. The monoisotopic (exact) mass is 577 g/mol. The van der Waals surface area contributed by atoms with Crippen molar-refractivity contribution in [2.45, 2.75) is 16.1 Å². The minimum Gasteiger partial charge on any atom is -0.508 e. The molecule has 1 atom stereocenters. The van der Waals surface area contributed by atoms with Gasteiger partial charge in [-0.2, -0.15) is 0 Å². The zero-order chi connectivity index (χ0) is 27.8. The molecule has 2 aliphatic rings. The number of anilines is 1. The number of Topliss-reactive ketones (excluding diaryl/α,β-unsaturated/α-hetero) is 1. The smallest absolute Gasteiger partial charge is 0.301 e.